The largest absolute Gasteiger partial charge is 0.273 e. The van der Waals surface area contributed by atoms with Crippen molar-refractivity contribution < 1.29 is 19.3 Å². The van der Waals surface area contributed by atoms with E-state index in [0.29, 0.717) is 26.8 Å². The van der Waals surface area contributed by atoms with Crippen molar-refractivity contribution in [3.8, 4) is 6.07 Å². The number of nitriles is 1. The molecule has 0 bridgehead atoms. The standard InChI is InChI=1S/C26H19ClN4O5S/c27-15-8-10-16(11-9-15)30-22(14-4-3-5-17(12-14)31(34)35)21-23(36-30)25(33)29(24(21)32)26-19(13-28)18-6-1-2-7-20(18)37-26/h3-5,8-12,21-23H,1-2,6-7H2. The monoisotopic (exact) mass is 534 g/mol. The molecule has 3 aromatic rings. The second-order valence-electron chi connectivity index (χ2n) is 9.17. The highest BCUT2D eigenvalue weighted by atomic mass is 35.5. The molecule has 2 aliphatic heterocycles. The average molecular weight is 535 g/mol. The first-order valence-electron chi connectivity index (χ1n) is 11.8. The predicted molar refractivity (Wildman–Crippen MR) is 136 cm³/mol. The van der Waals surface area contributed by atoms with Gasteiger partial charge in [0.25, 0.3) is 11.6 Å². The molecule has 3 heterocycles. The Morgan fingerprint density at radius 1 is 1.11 bits per heavy atom. The predicted octanol–water partition coefficient (Wildman–Crippen LogP) is 5.11. The number of hydroxylamine groups is 1. The number of aryl methyl sites for hydroxylation is 1. The van der Waals surface area contributed by atoms with Crippen molar-refractivity contribution in [3.05, 3.63) is 85.2 Å². The number of carbonyl (C=O) groups is 2. The fraction of sp³-hybridized carbons (Fsp3) is 0.269. The lowest BCUT2D eigenvalue weighted by Crippen LogP contribution is -2.37. The number of benzene rings is 2. The molecule has 2 amide bonds. The Hall–Kier alpha value is -3.78. The van der Waals surface area contributed by atoms with Gasteiger partial charge in [-0.05, 0) is 61.1 Å². The van der Waals surface area contributed by atoms with Crippen molar-refractivity contribution >= 4 is 51.1 Å². The van der Waals surface area contributed by atoms with Crippen LogP contribution in [-0.4, -0.2) is 22.8 Å². The van der Waals surface area contributed by atoms with E-state index in [0.717, 1.165) is 41.0 Å². The van der Waals surface area contributed by atoms with E-state index in [-0.39, 0.29) is 5.69 Å². The number of halogens is 1. The number of fused-ring (bicyclic) bond motifs is 2. The second kappa shape index (κ2) is 8.95. The van der Waals surface area contributed by atoms with Crippen molar-refractivity contribution in [2.24, 2.45) is 5.92 Å². The summed E-state index contributed by atoms with van der Waals surface area (Å²) in [7, 11) is 0. The first-order chi connectivity index (χ1) is 17.9. The number of non-ortho nitro benzene ring substituents is 1. The summed E-state index contributed by atoms with van der Waals surface area (Å²) in [5, 5.41) is 23.7. The maximum Gasteiger partial charge on any atom is 0.269 e. The van der Waals surface area contributed by atoms with Crippen LogP contribution in [-0.2, 0) is 27.3 Å². The summed E-state index contributed by atoms with van der Waals surface area (Å²) in [6.45, 7) is 0. The van der Waals surface area contributed by atoms with E-state index in [4.69, 9.17) is 16.4 Å². The molecule has 3 unspecified atom stereocenters. The topological polar surface area (TPSA) is 117 Å². The van der Waals surface area contributed by atoms with Crippen molar-refractivity contribution in [1.82, 2.24) is 0 Å². The van der Waals surface area contributed by atoms with Crippen LogP contribution in [0.2, 0.25) is 5.02 Å². The molecule has 11 heteroatoms. The first-order valence-corrected chi connectivity index (χ1v) is 13.0. The number of hydrogen-bond donors (Lipinski definition) is 0. The van der Waals surface area contributed by atoms with Gasteiger partial charge in [0.15, 0.2) is 6.10 Å². The second-order valence-corrected chi connectivity index (χ2v) is 10.7. The molecule has 0 N–H and O–H groups in total. The number of anilines is 2. The van der Waals surface area contributed by atoms with Crippen LogP contribution in [0.1, 0.15) is 40.5 Å². The van der Waals surface area contributed by atoms with E-state index < -0.39 is 34.8 Å². The van der Waals surface area contributed by atoms with Gasteiger partial charge < -0.3 is 0 Å². The molecule has 6 rings (SSSR count). The molecule has 0 radical (unpaired) electrons. The molecule has 37 heavy (non-hydrogen) atoms. The number of nitro benzene ring substituents is 1. The number of nitrogens with zero attached hydrogens (tertiary/aromatic N) is 4. The third-order valence-electron chi connectivity index (χ3n) is 7.09. The van der Waals surface area contributed by atoms with E-state index in [1.165, 1.54) is 28.5 Å². The van der Waals surface area contributed by atoms with E-state index in [1.807, 2.05) is 0 Å². The third kappa shape index (κ3) is 3.70. The summed E-state index contributed by atoms with van der Waals surface area (Å²) >= 11 is 7.37. The van der Waals surface area contributed by atoms with Gasteiger partial charge >= 0.3 is 0 Å². The van der Waals surface area contributed by atoms with Gasteiger partial charge in [0.05, 0.1) is 22.2 Å². The smallest absolute Gasteiger partial charge is 0.269 e. The number of imide groups is 1. The minimum Gasteiger partial charge on any atom is -0.273 e. The van der Waals surface area contributed by atoms with Gasteiger partial charge in [-0.3, -0.25) is 24.5 Å². The molecule has 2 saturated heterocycles. The third-order valence-corrected chi connectivity index (χ3v) is 8.62. The van der Waals surface area contributed by atoms with E-state index in [9.17, 15) is 25.0 Å². The van der Waals surface area contributed by atoms with Gasteiger partial charge in [-0.15, -0.1) is 11.3 Å². The van der Waals surface area contributed by atoms with Gasteiger partial charge in [0.2, 0.25) is 5.91 Å². The fourth-order valence-corrected chi connectivity index (χ4v) is 6.89. The molecule has 0 spiro atoms. The molecule has 2 fully saturated rings. The van der Waals surface area contributed by atoms with Crippen LogP contribution in [0.3, 0.4) is 0 Å². The summed E-state index contributed by atoms with van der Waals surface area (Å²) in [4.78, 5) is 46.9. The van der Waals surface area contributed by atoms with Crippen LogP contribution in [0.25, 0.3) is 0 Å². The van der Waals surface area contributed by atoms with Crippen LogP contribution in [0.4, 0.5) is 16.4 Å². The number of thiophene rings is 1. The van der Waals surface area contributed by atoms with Gasteiger partial charge in [-0.25, -0.2) is 9.96 Å². The Kier molecular flexibility index (Phi) is 5.71. The molecule has 186 valence electrons. The summed E-state index contributed by atoms with van der Waals surface area (Å²) < 4.78 is 0. The Morgan fingerprint density at radius 2 is 1.86 bits per heavy atom. The Bertz CT molecular complexity index is 1500. The normalized spacial score (nSPS) is 22.6. The Morgan fingerprint density at radius 3 is 2.59 bits per heavy atom. The summed E-state index contributed by atoms with van der Waals surface area (Å²) in [5.41, 5.74) is 2.17. The van der Waals surface area contributed by atoms with Gasteiger partial charge in [-0.2, -0.15) is 5.26 Å². The molecule has 1 aromatic heterocycles. The number of nitro groups is 1. The summed E-state index contributed by atoms with van der Waals surface area (Å²) in [6, 6.07) is 14.1. The van der Waals surface area contributed by atoms with Crippen LogP contribution < -0.4 is 9.96 Å². The van der Waals surface area contributed by atoms with Crippen LogP contribution in [0.5, 0.6) is 0 Å². The molecular weight excluding hydrogens is 516 g/mol. The number of amides is 2. The molecule has 9 nitrogen and oxygen atoms in total. The highest BCUT2D eigenvalue weighted by molar-refractivity contribution is 7.17. The molecular formula is C26H19ClN4O5S. The number of carbonyl (C=O) groups excluding carboxylic acids is 2. The molecule has 0 saturated carbocycles. The van der Waals surface area contributed by atoms with Gasteiger partial charge in [0, 0.05) is 22.0 Å². The first kappa shape index (κ1) is 23.6. The quantitative estimate of drug-likeness (QED) is 0.259. The zero-order valence-corrected chi connectivity index (χ0v) is 20.9. The van der Waals surface area contributed by atoms with E-state index in [1.54, 1.807) is 36.4 Å². The molecule has 2 aromatic carbocycles. The van der Waals surface area contributed by atoms with E-state index in [2.05, 4.69) is 6.07 Å². The zero-order chi connectivity index (χ0) is 25.8. The maximum atomic E-state index is 14.0. The zero-order valence-electron chi connectivity index (χ0n) is 19.3. The fourth-order valence-electron chi connectivity index (χ4n) is 5.41. The lowest BCUT2D eigenvalue weighted by molar-refractivity contribution is -0.384. The summed E-state index contributed by atoms with van der Waals surface area (Å²) in [5.74, 6) is -1.99. The Labute approximate surface area is 220 Å². The highest BCUT2D eigenvalue weighted by Crippen LogP contribution is 2.50. The van der Waals surface area contributed by atoms with Gasteiger partial charge in [0.1, 0.15) is 17.0 Å². The lowest BCUT2D eigenvalue weighted by atomic mass is 9.90. The molecule has 1 aliphatic carbocycles. The van der Waals surface area contributed by atoms with E-state index >= 15 is 0 Å². The van der Waals surface area contributed by atoms with Crippen LogP contribution in [0.15, 0.2) is 48.5 Å². The van der Waals surface area contributed by atoms with Crippen molar-refractivity contribution in [2.75, 3.05) is 9.96 Å². The lowest BCUT2D eigenvalue weighted by Gasteiger charge is -2.28. The Balaban J connectivity index is 1.45. The maximum absolute atomic E-state index is 14.0. The molecule has 3 atom stereocenters. The van der Waals surface area contributed by atoms with Gasteiger partial charge in [-0.1, -0.05) is 23.7 Å². The molecule has 3 aliphatic rings. The van der Waals surface area contributed by atoms with Crippen LogP contribution in [0, 0.1) is 27.4 Å². The number of rotatable bonds is 4. The SMILES string of the molecule is N#Cc1c(N2C(=O)C3ON(c4ccc(Cl)cc4)C(c4cccc([N+](=O)[O-])c4)C3C2=O)sc2c1CCCC2. The van der Waals surface area contributed by atoms with Crippen molar-refractivity contribution in [3.63, 3.8) is 0 Å². The van der Waals surface area contributed by atoms with Crippen molar-refractivity contribution in [1.29, 1.82) is 5.26 Å². The number of hydrogen-bond acceptors (Lipinski definition) is 8. The minimum atomic E-state index is -1.14. The van der Waals surface area contributed by atoms with Crippen molar-refractivity contribution in [2.45, 2.75) is 37.8 Å². The van der Waals surface area contributed by atoms with Crippen LogP contribution >= 0.6 is 22.9 Å². The summed E-state index contributed by atoms with van der Waals surface area (Å²) in [6.07, 6.45) is 2.38. The average Bonchev–Trinajstić information content (AvgIpc) is 3.54. The highest BCUT2D eigenvalue weighted by Gasteiger charge is 2.61. The minimum absolute atomic E-state index is 0.136.